The molecular formula is C33H38N4O3. The lowest BCUT2D eigenvalue weighted by atomic mass is 9.83. The van der Waals surface area contributed by atoms with E-state index in [1.165, 1.54) is 11.1 Å². The van der Waals surface area contributed by atoms with Gasteiger partial charge in [0.15, 0.2) is 0 Å². The molecule has 7 heteroatoms. The second-order valence-electron chi connectivity index (χ2n) is 10.6. The van der Waals surface area contributed by atoms with Crippen molar-refractivity contribution in [1.82, 2.24) is 19.9 Å². The molecule has 0 N–H and O–H groups in total. The second kappa shape index (κ2) is 12.0. The minimum absolute atomic E-state index is 0.0579. The molecule has 0 spiro atoms. The predicted molar refractivity (Wildman–Crippen MR) is 156 cm³/mol. The van der Waals surface area contributed by atoms with Crippen molar-refractivity contribution < 1.29 is 14.3 Å². The van der Waals surface area contributed by atoms with Gasteiger partial charge in [0.05, 0.1) is 18.5 Å². The summed E-state index contributed by atoms with van der Waals surface area (Å²) in [5, 5.41) is 8.73. The smallest absolute Gasteiger partial charge is 0.306 e. The van der Waals surface area contributed by atoms with E-state index in [9.17, 15) is 9.59 Å². The van der Waals surface area contributed by atoms with E-state index in [1.807, 2.05) is 41.6 Å². The molecule has 1 amide bonds. The standard InChI is InChI=1S/C33H38N4O3/c1-5-8-23-9-11-25(12-10-23)33(39)36-18-17-24-13-14-26(19-27(24)21-36)29(20-31(38)40-7-3)28-15-16-30-32(22(28)4)34-35-37(30)6-2/h9-16,19,29H,5-8,17-18,20-21H2,1-4H3. The number of aromatic nitrogens is 3. The molecule has 0 saturated heterocycles. The molecule has 3 aromatic carbocycles. The Hall–Kier alpha value is -4.00. The SMILES string of the molecule is CCCc1ccc(C(=O)N2CCc3ccc(C(CC(=O)OCC)c4ccc5c(nnn5CC)c4C)cc3C2)cc1. The number of ether oxygens (including phenoxy) is 1. The zero-order valence-electron chi connectivity index (χ0n) is 23.9. The van der Waals surface area contributed by atoms with Crippen molar-refractivity contribution in [2.24, 2.45) is 0 Å². The number of benzene rings is 3. The molecule has 0 saturated carbocycles. The Balaban J connectivity index is 1.46. The summed E-state index contributed by atoms with van der Waals surface area (Å²) in [6.07, 6.45) is 3.14. The minimum atomic E-state index is -0.231. The van der Waals surface area contributed by atoms with Crippen LogP contribution in [-0.2, 0) is 35.5 Å². The minimum Gasteiger partial charge on any atom is -0.466 e. The van der Waals surface area contributed by atoms with E-state index in [-0.39, 0.29) is 24.2 Å². The molecule has 4 aromatic rings. The number of aryl methyl sites for hydroxylation is 3. The number of nitrogens with zero attached hydrogens (tertiary/aromatic N) is 4. The van der Waals surface area contributed by atoms with Crippen LogP contribution in [0.5, 0.6) is 0 Å². The molecule has 1 aromatic heterocycles. The highest BCUT2D eigenvalue weighted by Crippen LogP contribution is 2.35. The van der Waals surface area contributed by atoms with Gasteiger partial charge in [0.1, 0.15) is 5.52 Å². The van der Waals surface area contributed by atoms with Crippen molar-refractivity contribution in [2.45, 2.75) is 72.4 Å². The average Bonchev–Trinajstić information content (AvgIpc) is 3.40. The van der Waals surface area contributed by atoms with E-state index in [1.54, 1.807) is 0 Å². The fourth-order valence-electron chi connectivity index (χ4n) is 5.84. The van der Waals surface area contributed by atoms with Gasteiger partial charge in [0.25, 0.3) is 5.91 Å². The van der Waals surface area contributed by atoms with Crippen LogP contribution in [0.25, 0.3) is 11.0 Å². The number of esters is 1. The number of hydrogen-bond acceptors (Lipinski definition) is 5. The summed E-state index contributed by atoms with van der Waals surface area (Å²) in [5.74, 6) is -0.370. The predicted octanol–water partition coefficient (Wildman–Crippen LogP) is 6.00. The van der Waals surface area contributed by atoms with Crippen LogP contribution in [0.1, 0.15) is 83.3 Å². The molecule has 0 aliphatic carbocycles. The van der Waals surface area contributed by atoms with E-state index < -0.39 is 0 Å². The molecule has 5 rings (SSSR count). The molecule has 7 nitrogen and oxygen atoms in total. The normalized spacial score (nSPS) is 13.8. The van der Waals surface area contributed by atoms with Crippen molar-refractivity contribution in [2.75, 3.05) is 13.2 Å². The Morgan fingerprint density at radius 1 is 1.00 bits per heavy atom. The number of hydrogen-bond donors (Lipinski definition) is 0. The Labute approximate surface area is 236 Å². The third kappa shape index (κ3) is 5.51. The number of rotatable bonds is 9. The number of carbonyl (C=O) groups excluding carboxylic acids is 2. The summed E-state index contributed by atoms with van der Waals surface area (Å²) in [6, 6.07) is 18.6. The maximum atomic E-state index is 13.4. The molecular weight excluding hydrogens is 500 g/mol. The van der Waals surface area contributed by atoms with Gasteiger partial charge in [-0.05, 0) is 85.2 Å². The van der Waals surface area contributed by atoms with Crippen LogP contribution >= 0.6 is 0 Å². The van der Waals surface area contributed by atoms with Gasteiger partial charge in [-0.3, -0.25) is 9.59 Å². The van der Waals surface area contributed by atoms with Gasteiger partial charge in [-0.1, -0.05) is 55.0 Å². The third-order valence-electron chi connectivity index (χ3n) is 8.01. The monoisotopic (exact) mass is 538 g/mol. The number of carbonyl (C=O) groups is 2. The van der Waals surface area contributed by atoms with E-state index in [0.717, 1.165) is 64.7 Å². The second-order valence-corrected chi connectivity index (χ2v) is 10.6. The van der Waals surface area contributed by atoms with Crippen LogP contribution in [0, 0.1) is 6.92 Å². The first-order valence-corrected chi connectivity index (χ1v) is 14.4. The average molecular weight is 539 g/mol. The van der Waals surface area contributed by atoms with Gasteiger partial charge in [-0.25, -0.2) is 4.68 Å². The van der Waals surface area contributed by atoms with Crippen LogP contribution in [0.2, 0.25) is 0 Å². The molecule has 40 heavy (non-hydrogen) atoms. The lowest BCUT2D eigenvalue weighted by Crippen LogP contribution is -2.36. The Kier molecular flexibility index (Phi) is 8.29. The first-order chi connectivity index (χ1) is 19.4. The zero-order chi connectivity index (χ0) is 28.2. The summed E-state index contributed by atoms with van der Waals surface area (Å²) in [6.45, 7) is 10.4. The van der Waals surface area contributed by atoms with Gasteiger partial charge in [0.2, 0.25) is 0 Å². The lowest BCUT2D eigenvalue weighted by Gasteiger charge is -2.30. The molecule has 1 unspecified atom stereocenters. The van der Waals surface area contributed by atoms with E-state index in [4.69, 9.17) is 4.74 Å². The fraction of sp³-hybridized carbons (Fsp3) is 0.394. The summed E-state index contributed by atoms with van der Waals surface area (Å²) in [5.41, 5.74) is 9.30. The zero-order valence-corrected chi connectivity index (χ0v) is 23.9. The maximum absolute atomic E-state index is 13.4. The maximum Gasteiger partial charge on any atom is 0.306 e. The summed E-state index contributed by atoms with van der Waals surface area (Å²) >= 11 is 0. The van der Waals surface area contributed by atoms with Gasteiger partial charge in [-0.15, -0.1) is 5.10 Å². The molecule has 0 fully saturated rings. The molecule has 208 valence electrons. The largest absolute Gasteiger partial charge is 0.466 e. The fourth-order valence-corrected chi connectivity index (χ4v) is 5.84. The molecule has 2 heterocycles. The van der Waals surface area contributed by atoms with E-state index >= 15 is 0 Å². The summed E-state index contributed by atoms with van der Waals surface area (Å²) < 4.78 is 7.26. The first kappa shape index (κ1) is 27.6. The quantitative estimate of drug-likeness (QED) is 0.245. The molecule has 1 atom stereocenters. The van der Waals surface area contributed by atoms with Crippen LogP contribution in [-0.4, -0.2) is 44.9 Å². The van der Waals surface area contributed by atoms with Gasteiger partial charge >= 0.3 is 5.97 Å². The molecule has 0 bridgehead atoms. The summed E-state index contributed by atoms with van der Waals surface area (Å²) in [4.78, 5) is 28.1. The van der Waals surface area contributed by atoms with Crippen molar-refractivity contribution in [3.63, 3.8) is 0 Å². The lowest BCUT2D eigenvalue weighted by molar-refractivity contribution is -0.143. The van der Waals surface area contributed by atoms with Gasteiger partial charge in [-0.2, -0.15) is 0 Å². The van der Waals surface area contributed by atoms with Crippen LogP contribution < -0.4 is 0 Å². The van der Waals surface area contributed by atoms with Gasteiger partial charge < -0.3 is 9.64 Å². The number of amides is 1. The highest BCUT2D eigenvalue weighted by Gasteiger charge is 2.26. The molecule has 1 aliphatic rings. The van der Waals surface area contributed by atoms with E-state index in [0.29, 0.717) is 19.7 Å². The van der Waals surface area contributed by atoms with Crippen molar-refractivity contribution in [3.05, 3.63) is 93.5 Å². The van der Waals surface area contributed by atoms with E-state index in [2.05, 4.69) is 60.6 Å². The van der Waals surface area contributed by atoms with Crippen molar-refractivity contribution in [3.8, 4) is 0 Å². The molecule has 1 aliphatic heterocycles. The van der Waals surface area contributed by atoms with Crippen LogP contribution in [0.3, 0.4) is 0 Å². The Bertz CT molecular complexity index is 1520. The molecule has 0 radical (unpaired) electrons. The first-order valence-electron chi connectivity index (χ1n) is 14.4. The number of fused-ring (bicyclic) bond motifs is 2. The summed E-state index contributed by atoms with van der Waals surface area (Å²) in [7, 11) is 0. The topological polar surface area (TPSA) is 77.3 Å². The van der Waals surface area contributed by atoms with Crippen molar-refractivity contribution in [1.29, 1.82) is 0 Å². The highest BCUT2D eigenvalue weighted by atomic mass is 16.5. The Morgan fingerprint density at radius 3 is 2.52 bits per heavy atom. The van der Waals surface area contributed by atoms with Crippen LogP contribution in [0.4, 0.5) is 0 Å². The highest BCUT2D eigenvalue weighted by molar-refractivity contribution is 5.94. The van der Waals surface area contributed by atoms with Crippen LogP contribution in [0.15, 0.2) is 54.6 Å². The van der Waals surface area contributed by atoms with Gasteiger partial charge in [0, 0.05) is 31.1 Å². The third-order valence-corrected chi connectivity index (χ3v) is 8.01. The van der Waals surface area contributed by atoms with Crippen molar-refractivity contribution >= 4 is 22.9 Å². The Morgan fingerprint density at radius 2 is 1.80 bits per heavy atom.